The second kappa shape index (κ2) is 9.83. The van der Waals surface area contributed by atoms with E-state index in [1.54, 1.807) is 44.2 Å². The van der Waals surface area contributed by atoms with Crippen LogP contribution in [0.3, 0.4) is 0 Å². The Morgan fingerprint density at radius 1 is 1.15 bits per heavy atom. The molecular weight excluding hydrogens is 448 g/mol. The van der Waals surface area contributed by atoms with Crippen molar-refractivity contribution in [1.82, 2.24) is 20.1 Å². The molecule has 0 N–H and O–H groups in total. The number of nitrogens with zero attached hydrogens (tertiary/aromatic N) is 6. The zero-order valence-electron chi connectivity index (χ0n) is 18.4. The largest absolute Gasteiger partial charge is 0.493 e. The number of aryl methyl sites for hydroxylation is 1. The molecule has 1 aromatic carbocycles. The Balaban J connectivity index is 1.31. The molecule has 0 spiro atoms. The highest BCUT2D eigenvalue weighted by Crippen LogP contribution is 2.32. The number of amides is 1. The fourth-order valence-corrected chi connectivity index (χ4v) is 4.10. The van der Waals surface area contributed by atoms with E-state index in [-0.39, 0.29) is 17.4 Å². The highest BCUT2D eigenvalue weighted by molar-refractivity contribution is 7.99. The van der Waals surface area contributed by atoms with Crippen LogP contribution in [0, 0.1) is 18.3 Å². The molecule has 0 saturated carbocycles. The number of benzene rings is 1. The van der Waals surface area contributed by atoms with Crippen molar-refractivity contribution >= 4 is 23.6 Å². The predicted molar refractivity (Wildman–Crippen MR) is 118 cm³/mol. The molecule has 0 atom stereocenters. The van der Waals surface area contributed by atoms with Crippen molar-refractivity contribution in [3.8, 4) is 29.0 Å². The molecular formula is C21H22N6O5S. The van der Waals surface area contributed by atoms with Crippen molar-refractivity contribution < 1.29 is 23.1 Å². The van der Waals surface area contributed by atoms with Crippen molar-refractivity contribution in [2.75, 3.05) is 51.1 Å². The number of nitriles is 1. The fourth-order valence-electron chi connectivity index (χ4n) is 3.43. The first-order valence-corrected chi connectivity index (χ1v) is 11.1. The number of carbonyl (C=O) groups excluding carboxylic acids is 1. The lowest BCUT2D eigenvalue weighted by Gasteiger charge is -2.34. The normalized spacial score (nSPS) is 13.6. The summed E-state index contributed by atoms with van der Waals surface area (Å²) in [5.74, 6) is 2.55. The zero-order valence-corrected chi connectivity index (χ0v) is 19.2. The Morgan fingerprint density at radius 2 is 1.91 bits per heavy atom. The maximum absolute atomic E-state index is 12.7. The van der Waals surface area contributed by atoms with Crippen LogP contribution >= 0.6 is 11.8 Å². The number of rotatable bonds is 7. The minimum Gasteiger partial charge on any atom is -0.493 e. The number of piperazine rings is 1. The van der Waals surface area contributed by atoms with Gasteiger partial charge in [-0.1, -0.05) is 11.8 Å². The van der Waals surface area contributed by atoms with Gasteiger partial charge in [-0.2, -0.15) is 5.26 Å². The summed E-state index contributed by atoms with van der Waals surface area (Å²) in [6.45, 7) is 3.86. The van der Waals surface area contributed by atoms with Crippen molar-refractivity contribution in [2.45, 2.75) is 12.1 Å². The van der Waals surface area contributed by atoms with Gasteiger partial charge in [0.15, 0.2) is 17.4 Å². The number of aromatic nitrogens is 3. The van der Waals surface area contributed by atoms with Crippen LogP contribution in [0.25, 0.3) is 11.5 Å². The van der Waals surface area contributed by atoms with Crippen LogP contribution in [0.15, 0.2) is 32.3 Å². The number of carbonyl (C=O) groups is 1. The standard InChI is InChI=1S/C21H22N6O5S/c1-13-23-15(11-22)20(31-13)27-8-6-26(7-9-27)18(28)12-33-21-25-24-19(32-21)14-4-5-16(29-2)17(10-14)30-3/h4-5,10H,6-9,12H2,1-3H3. The molecule has 3 heterocycles. The van der Waals surface area contributed by atoms with Gasteiger partial charge in [0, 0.05) is 38.7 Å². The first kappa shape index (κ1) is 22.5. The summed E-state index contributed by atoms with van der Waals surface area (Å²) in [4.78, 5) is 20.4. The molecule has 0 unspecified atom stereocenters. The molecule has 1 amide bonds. The van der Waals surface area contributed by atoms with Crippen LogP contribution in [0.1, 0.15) is 11.6 Å². The van der Waals surface area contributed by atoms with Gasteiger partial charge in [0.25, 0.3) is 5.22 Å². The van der Waals surface area contributed by atoms with Gasteiger partial charge < -0.3 is 28.1 Å². The highest BCUT2D eigenvalue weighted by Gasteiger charge is 2.26. The van der Waals surface area contributed by atoms with Gasteiger partial charge in [-0.05, 0) is 18.2 Å². The van der Waals surface area contributed by atoms with E-state index in [0.717, 1.165) is 0 Å². The molecule has 1 saturated heterocycles. The number of hydrogen-bond acceptors (Lipinski definition) is 11. The lowest BCUT2D eigenvalue weighted by Crippen LogP contribution is -2.49. The Morgan fingerprint density at radius 3 is 2.61 bits per heavy atom. The first-order chi connectivity index (χ1) is 16.0. The van der Waals surface area contributed by atoms with Gasteiger partial charge in [0.1, 0.15) is 6.07 Å². The van der Waals surface area contributed by atoms with E-state index in [0.29, 0.717) is 66.1 Å². The molecule has 0 radical (unpaired) electrons. The number of methoxy groups -OCH3 is 2. The summed E-state index contributed by atoms with van der Waals surface area (Å²) < 4.78 is 21.8. The fraction of sp³-hybridized carbons (Fsp3) is 0.381. The van der Waals surface area contributed by atoms with E-state index in [2.05, 4.69) is 15.2 Å². The zero-order chi connectivity index (χ0) is 23.4. The number of anilines is 1. The summed E-state index contributed by atoms with van der Waals surface area (Å²) in [5.41, 5.74) is 0.957. The minimum absolute atomic E-state index is 0.0280. The average Bonchev–Trinajstić information content (AvgIpc) is 3.48. The van der Waals surface area contributed by atoms with E-state index in [4.69, 9.17) is 18.3 Å². The average molecular weight is 471 g/mol. The minimum atomic E-state index is -0.0280. The number of ether oxygens (including phenoxy) is 2. The lowest BCUT2D eigenvalue weighted by molar-refractivity contribution is -0.128. The van der Waals surface area contributed by atoms with Crippen LogP contribution < -0.4 is 14.4 Å². The lowest BCUT2D eigenvalue weighted by atomic mass is 10.2. The molecule has 0 aliphatic carbocycles. The second-order valence-electron chi connectivity index (χ2n) is 7.10. The summed E-state index contributed by atoms with van der Waals surface area (Å²) in [6, 6.07) is 7.35. The van der Waals surface area contributed by atoms with Gasteiger partial charge >= 0.3 is 0 Å². The van der Waals surface area contributed by atoms with Crippen LogP contribution in [-0.2, 0) is 4.79 Å². The molecule has 1 aliphatic heterocycles. The molecule has 33 heavy (non-hydrogen) atoms. The molecule has 12 heteroatoms. The van der Waals surface area contributed by atoms with Crippen LogP contribution in [0.2, 0.25) is 0 Å². The molecule has 3 aromatic rings. The van der Waals surface area contributed by atoms with Crippen LogP contribution in [0.5, 0.6) is 11.5 Å². The smallest absolute Gasteiger partial charge is 0.277 e. The van der Waals surface area contributed by atoms with E-state index in [1.807, 2.05) is 11.0 Å². The van der Waals surface area contributed by atoms with E-state index < -0.39 is 0 Å². The molecule has 4 rings (SSSR count). The third-order valence-electron chi connectivity index (χ3n) is 5.10. The van der Waals surface area contributed by atoms with Gasteiger partial charge in [-0.3, -0.25) is 4.79 Å². The van der Waals surface area contributed by atoms with Gasteiger partial charge in [-0.25, -0.2) is 4.98 Å². The maximum atomic E-state index is 12.7. The Hall–Kier alpha value is -3.72. The van der Waals surface area contributed by atoms with E-state index in [9.17, 15) is 10.1 Å². The monoisotopic (exact) mass is 470 g/mol. The summed E-state index contributed by atoms with van der Waals surface area (Å²) in [5, 5.41) is 17.6. The van der Waals surface area contributed by atoms with Crippen LogP contribution in [0.4, 0.5) is 5.88 Å². The van der Waals surface area contributed by atoms with Crippen molar-refractivity contribution in [3.63, 3.8) is 0 Å². The molecule has 0 bridgehead atoms. The number of thioether (sulfide) groups is 1. The predicted octanol–water partition coefficient (Wildman–Crippen LogP) is 2.36. The van der Waals surface area contributed by atoms with Crippen molar-refractivity contribution in [2.24, 2.45) is 0 Å². The van der Waals surface area contributed by atoms with Gasteiger partial charge in [-0.15, -0.1) is 10.2 Å². The van der Waals surface area contributed by atoms with Gasteiger partial charge in [0.2, 0.25) is 23.4 Å². The number of oxazole rings is 1. The third kappa shape index (κ3) is 4.88. The third-order valence-corrected chi connectivity index (χ3v) is 5.90. The summed E-state index contributed by atoms with van der Waals surface area (Å²) in [7, 11) is 3.12. The highest BCUT2D eigenvalue weighted by atomic mass is 32.2. The summed E-state index contributed by atoms with van der Waals surface area (Å²) >= 11 is 1.19. The Kier molecular flexibility index (Phi) is 6.69. The molecule has 11 nitrogen and oxygen atoms in total. The van der Waals surface area contributed by atoms with Crippen LogP contribution in [-0.4, -0.2) is 72.1 Å². The molecule has 172 valence electrons. The maximum Gasteiger partial charge on any atom is 0.277 e. The quantitative estimate of drug-likeness (QED) is 0.472. The SMILES string of the molecule is COc1ccc(-c2nnc(SCC(=O)N3CCN(c4oc(C)nc4C#N)CC3)o2)cc1OC. The molecule has 2 aromatic heterocycles. The molecule has 1 aliphatic rings. The van der Waals surface area contributed by atoms with Gasteiger partial charge in [0.05, 0.1) is 20.0 Å². The Labute approximate surface area is 194 Å². The summed E-state index contributed by atoms with van der Waals surface area (Å²) in [6.07, 6.45) is 0. The topological polar surface area (TPSA) is 131 Å². The van der Waals surface area contributed by atoms with E-state index in [1.165, 1.54) is 11.8 Å². The number of hydrogen-bond donors (Lipinski definition) is 0. The van der Waals surface area contributed by atoms with Crippen molar-refractivity contribution in [3.05, 3.63) is 29.8 Å². The Bertz CT molecular complexity index is 1180. The van der Waals surface area contributed by atoms with E-state index >= 15 is 0 Å². The first-order valence-electron chi connectivity index (χ1n) is 10.1. The molecule has 1 fully saturated rings. The van der Waals surface area contributed by atoms with Crippen molar-refractivity contribution in [1.29, 1.82) is 5.26 Å². The second-order valence-corrected chi connectivity index (χ2v) is 8.02.